The number of hydrogen-bond donors (Lipinski definition) is 2. The van der Waals surface area contributed by atoms with Gasteiger partial charge in [-0.25, -0.2) is 0 Å². The number of benzene rings is 1. The van der Waals surface area contributed by atoms with Gasteiger partial charge < -0.3 is 16.0 Å². The molecule has 6 heteroatoms. The fourth-order valence-corrected chi connectivity index (χ4v) is 3.12. The Bertz CT molecular complexity index is 692. The van der Waals surface area contributed by atoms with Crippen molar-refractivity contribution in [1.29, 1.82) is 0 Å². The second kappa shape index (κ2) is 6.13. The number of anilines is 1. The molecule has 0 bridgehead atoms. The zero-order valence-electron chi connectivity index (χ0n) is 12.4. The molecular weight excluding hydrogens is 286 g/mol. The molecule has 0 fully saturated rings. The van der Waals surface area contributed by atoms with Crippen LogP contribution in [0.5, 0.6) is 0 Å². The Balaban J connectivity index is 2.09. The van der Waals surface area contributed by atoms with Gasteiger partial charge in [-0.15, -0.1) is 11.3 Å². The third-order valence-electron chi connectivity index (χ3n) is 3.21. The number of nitrogen functional groups attached to an aromatic ring is 1. The van der Waals surface area contributed by atoms with Gasteiger partial charge in [-0.2, -0.15) is 0 Å². The Morgan fingerprint density at radius 2 is 2.05 bits per heavy atom. The zero-order chi connectivity index (χ0) is 15.6. The number of carbonyl (C=O) groups excluding carboxylic acids is 2. The van der Waals surface area contributed by atoms with Gasteiger partial charge >= 0.3 is 0 Å². The summed E-state index contributed by atoms with van der Waals surface area (Å²) in [6, 6.07) is 5.93. The Morgan fingerprint density at radius 1 is 1.33 bits per heavy atom. The van der Waals surface area contributed by atoms with Gasteiger partial charge in [-0.1, -0.05) is 12.1 Å². The number of rotatable bonds is 4. The third kappa shape index (κ3) is 3.33. The highest BCUT2D eigenvalue weighted by Crippen LogP contribution is 2.34. The van der Waals surface area contributed by atoms with Crippen LogP contribution in [-0.2, 0) is 4.79 Å². The van der Waals surface area contributed by atoms with Crippen molar-refractivity contribution in [3.8, 4) is 0 Å². The minimum atomic E-state index is -0.224. The highest BCUT2D eigenvalue weighted by molar-refractivity contribution is 7.21. The maximum atomic E-state index is 12.2. The molecule has 0 aliphatic heterocycles. The largest absolute Gasteiger partial charge is 0.397 e. The molecule has 1 aromatic heterocycles. The summed E-state index contributed by atoms with van der Waals surface area (Å²) < 4.78 is 1.00. The number of thiophene rings is 1. The number of aryl methyl sites for hydroxylation is 1. The van der Waals surface area contributed by atoms with E-state index in [1.807, 2.05) is 25.1 Å². The number of nitrogens with one attached hydrogen (secondary N) is 1. The molecule has 0 saturated heterocycles. The number of amides is 2. The van der Waals surface area contributed by atoms with E-state index in [0.717, 1.165) is 15.6 Å². The second-order valence-electron chi connectivity index (χ2n) is 5.14. The molecule has 1 heterocycles. The van der Waals surface area contributed by atoms with E-state index in [9.17, 15) is 9.59 Å². The lowest BCUT2D eigenvalue weighted by Gasteiger charge is -2.10. The molecule has 0 spiro atoms. The van der Waals surface area contributed by atoms with Crippen molar-refractivity contribution >= 4 is 38.9 Å². The van der Waals surface area contributed by atoms with E-state index in [4.69, 9.17) is 5.73 Å². The van der Waals surface area contributed by atoms with Gasteiger partial charge in [0.05, 0.1) is 5.69 Å². The van der Waals surface area contributed by atoms with Crippen LogP contribution in [0.25, 0.3) is 10.1 Å². The number of nitrogens with two attached hydrogens (primary N) is 1. The highest BCUT2D eigenvalue weighted by Gasteiger charge is 2.16. The molecule has 21 heavy (non-hydrogen) atoms. The first-order valence-corrected chi connectivity index (χ1v) is 7.48. The number of hydrogen-bond acceptors (Lipinski definition) is 4. The fourth-order valence-electron chi connectivity index (χ4n) is 1.98. The van der Waals surface area contributed by atoms with E-state index in [1.54, 1.807) is 14.1 Å². The van der Waals surface area contributed by atoms with Crippen molar-refractivity contribution in [3.05, 3.63) is 28.6 Å². The minimum absolute atomic E-state index is 0.0183. The SMILES string of the molecule is Cc1ccc2c(N)c(C(=O)NCCC(=O)N(C)C)sc2c1. The third-order valence-corrected chi connectivity index (χ3v) is 4.38. The van der Waals surface area contributed by atoms with E-state index < -0.39 is 0 Å². The molecule has 2 amide bonds. The normalized spacial score (nSPS) is 10.6. The Kier molecular flexibility index (Phi) is 4.47. The molecule has 1 aromatic carbocycles. The van der Waals surface area contributed by atoms with Crippen LogP contribution < -0.4 is 11.1 Å². The lowest BCUT2D eigenvalue weighted by molar-refractivity contribution is -0.128. The smallest absolute Gasteiger partial charge is 0.263 e. The van der Waals surface area contributed by atoms with Crippen LogP contribution in [0.2, 0.25) is 0 Å². The highest BCUT2D eigenvalue weighted by atomic mass is 32.1. The van der Waals surface area contributed by atoms with Crippen LogP contribution in [-0.4, -0.2) is 37.4 Å². The van der Waals surface area contributed by atoms with Gasteiger partial charge in [0.15, 0.2) is 0 Å². The number of nitrogens with zero attached hydrogens (tertiary/aromatic N) is 1. The topological polar surface area (TPSA) is 75.4 Å². The van der Waals surface area contributed by atoms with Gasteiger partial charge in [0.1, 0.15) is 4.88 Å². The second-order valence-corrected chi connectivity index (χ2v) is 6.19. The number of carbonyl (C=O) groups is 2. The van der Waals surface area contributed by atoms with Crippen molar-refractivity contribution in [2.24, 2.45) is 0 Å². The van der Waals surface area contributed by atoms with Crippen LogP contribution in [0.15, 0.2) is 18.2 Å². The van der Waals surface area contributed by atoms with Gasteiger partial charge in [-0.3, -0.25) is 9.59 Å². The van der Waals surface area contributed by atoms with Crippen LogP contribution in [0.1, 0.15) is 21.7 Å². The minimum Gasteiger partial charge on any atom is -0.397 e. The summed E-state index contributed by atoms with van der Waals surface area (Å²) in [5.41, 5.74) is 7.68. The molecule has 2 rings (SSSR count). The quantitative estimate of drug-likeness (QED) is 0.907. The first kappa shape index (κ1) is 15.3. The summed E-state index contributed by atoms with van der Waals surface area (Å²) in [5.74, 6) is -0.242. The van der Waals surface area contributed by atoms with E-state index in [1.165, 1.54) is 16.2 Å². The van der Waals surface area contributed by atoms with Crippen LogP contribution in [0.4, 0.5) is 5.69 Å². The maximum Gasteiger partial charge on any atom is 0.263 e. The molecule has 0 unspecified atom stereocenters. The van der Waals surface area contributed by atoms with Crippen molar-refractivity contribution in [1.82, 2.24) is 10.2 Å². The molecule has 3 N–H and O–H groups in total. The molecule has 0 aliphatic carbocycles. The lowest BCUT2D eigenvalue weighted by atomic mass is 10.1. The molecule has 0 saturated carbocycles. The standard InChI is InChI=1S/C15H19N3O2S/c1-9-4-5-10-11(8-9)21-14(13(10)16)15(20)17-7-6-12(19)18(2)3/h4-5,8H,6-7,16H2,1-3H3,(H,17,20). The summed E-state index contributed by atoms with van der Waals surface area (Å²) >= 11 is 1.38. The molecular formula is C15H19N3O2S. The van der Waals surface area contributed by atoms with Crippen LogP contribution in [0, 0.1) is 6.92 Å². The van der Waals surface area contributed by atoms with Crippen molar-refractivity contribution < 1.29 is 9.59 Å². The Hall–Kier alpha value is -2.08. The maximum absolute atomic E-state index is 12.2. The van der Waals surface area contributed by atoms with Gasteiger partial charge in [0, 0.05) is 37.1 Å². The Morgan fingerprint density at radius 3 is 2.71 bits per heavy atom. The van der Waals surface area contributed by atoms with Gasteiger partial charge in [0.2, 0.25) is 5.91 Å². The first-order chi connectivity index (χ1) is 9.90. The summed E-state index contributed by atoms with van der Waals surface area (Å²) in [6.07, 6.45) is 0.280. The van der Waals surface area contributed by atoms with Crippen molar-refractivity contribution in [2.75, 3.05) is 26.4 Å². The van der Waals surface area contributed by atoms with E-state index in [0.29, 0.717) is 17.1 Å². The molecule has 0 aliphatic rings. The van der Waals surface area contributed by atoms with E-state index in [-0.39, 0.29) is 18.2 Å². The number of fused-ring (bicyclic) bond motifs is 1. The predicted molar refractivity (Wildman–Crippen MR) is 86.6 cm³/mol. The van der Waals surface area contributed by atoms with E-state index >= 15 is 0 Å². The average molecular weight is 305 g/mol. The summed E-state index contributed by atoms with van der Waals surface area (Å²) in [4.78, 5) is 25.6. The fraction of sp³-hybridized carbons (Fsp3) is 0.333. The molecule has 0 atom stereocenters. The van der Waals surface area contributed by atoms with Crippen LogP contribution in [0.3, 0.4) is 0 Å². The zero-order valence-corrected chi connectivity index (χ0v) is 13.2. The molecule has 0 radical (unpaired) electrons. The van der Waals surface area contributed by atoms with Gasteiger partial charge in [-0.05, 0) is 18.6 Å². The monoisotopic (exact) mass is 305 g/mol. The summed E-state index contributed by atoms with van der Waals surface area (Å²) in [7, 11) is 3.38. The average Bonchev–Trinajstić information content (AvgIpc) is 2.75. The van der Waals surface area contributed by atoms with Crippen molar-refractivity contribution in [2.45, 2.75) is 13.3 Å². The predicted octanol–water partition coefficient (Wildman–Crippen LogP) is 2.00. The molecule has 112 valence electrons. The van der Waals surface area contributed by atoms with E-state index in [2.05, 4.69) is 5.32 Å². The van der Waals surface area contributed by atoms with Crippen LogP contribution >= 0.6 is 11.3 Å². The Labute approximate surface area is 127 Å². The lowest BCUT2D eigenvalue weighted by Crippen LogP contribution is -2.30. The summed E-state index contributed by atoms with van der Waals surface area (Å²) in [5, 5.41) is 3.65. The molecule has 2 aromatic rings. The van der Waals surface area contributed by atoms with Gasteiger partial charge in [0.25, 0.3) is 5.91 Å². The van der Waals surface area contributed by atoms with Crippen molar-refractivity contribution in [3.63, 3.8) is 0 Å². The summed E-state index contributed by atoms with van der Waals surface area (Å²) in [6.45, 7) is 2.31. The first-order valence-electron chi connectivity index (χ1n) is 6.67. The molecule has 5 nitrogen and oxygen atoms in total.